The highest BCUT2D eigenvalue weighted by Gasteiger charge is 2.23. The van der Waals surface area contributed by atoms with Crippen LogP contribution < -0.4 is 4.72 Å². The van der Waals surface area contributed by atoms with Gasteiger partial charge in [0.25, 0.3) is 5.91 Å². The van der Waals surface area contributed by atoms with Crippen molar-refractivity contribution in [2.24, 2.45) is 0 Å². The van der Waals surface area contributed by atoms with E-state index in [9.17, 15) is 18.0 Å². The number of hydrogen-bond acceptors (Lipinski definition) is 5. The maximum Gasteiger partial charge on any atom is 0.338 e. The molecule has 8 heteroatoms. The van der Waals surface area contributed by atoms with Gasteiger partial charge in [-0.15, -0.1) is 0 Å². The van der Waals surface area contributed by atoms with Crippen LogP contribution in [0.25, 0.3) is 0 Å². The molecule has 0 radical (unpaired) electrons. The van der Waals surface area contributed by atoms with E-state index in [1.165, 1.54) is 30.7 Å². The molecule has 0 aromatic heterocycles. The average Bonchev–Trinajstić information content (AvgIpc) is 2.71. The van der Waals surface area contributed by atoms with E-state index in [4.69, 9.17) is 4.74 Å². The summed E-state index contributed by atoms with van der Waals surface area (Å²) in [6, 6.07) is 5.53. The van der Waals surface area contributed by atoms with Crippen LogP contribution >= 0.6 is 0 Å². The third-order valence-corrected chi connectivity index (χ3v) is 6.82. The van der Waals surface area contributed by atoms with E-state index in [1.54, 1.807) is 18.9 Å². The summed E-state index contributed by atoms with van der Waals surface area (Å²) in [5, 5.41) is 0. The van der Waals surface area contributed by atoms with E-state index in [0.717, 1.165) is 25.7 Å². The third-order valence-electron chi connectivity index (χ3n) is 5.21. The van der Waals surface area contributed by atoms with Crippen LogP contribution in [0.5, 0.6) is 0 Å². The summed E-state index contributed by atoms with van der Waals surface area (Å²) >= 11 is 0. The summed E-state index contributed by atoms with van der Waals surface area (Å²) in [7, 11) is -1.88. The molecule has 1 saturated carbocycles. The Kier molecular flexibility index (Phi) is 8.00. The third kappa shape index (κ3) is 6.04. The number of esters is 1. The van der Waals surface area contributed by atoms with Gasteiger partial charge in [0.05, 0.1) is 10.5 Å². The molecule has 1 aromatic carbocycles. The molecule has 0 spiro atoms. The van der Waals surface area contributed by atoms with Gasteiger partial charge in [0.1, 0.15) is 0 Å². The number of carbonyl (C=O) groups is 2. The van der Waals surface area contributed by atoms with E-state index in [1.807, 2.05) is 6.92 Å². The first-order valence-electron chi connectivity index (χ1n) is 9.79. The lowest BCUT2D eigenvalue weighted by Gasteiger charge is -2.31. The van der Waals surface area contributed by atoms with Crippen LogP contribution in [-0.2, 0) is 19.6 Å². The highest BCUT2D eigenvalue weighted by atomic mass is 32.2. The molecule has 2 rings (SSSR count). The fourth-order valence-electron chi connectivity index (χ4n) is 3.17. The van der Waals surface area contributed by atoms with Crippen LogP contribution in [0.15, 0.2) is 29.2 Å². The summed E-state index contributed by atoms with van der Waals surface area (Å²) < 4.78 is 32.2. The van der Waals surface area contributed by atoms with Crippen molar-refractivity contribution in [2.45, 2.75) is 69.4 Å². The fourth-order valence-corrected chi connectivity index (χ4v) is 4.50. The molecule has 0 heterocycles. The summed E-state index contributed by atoms with van der Waals surface area (Å²) in [6.45, 7) is 3.35. The van der Waals surface area contributed by atoms with E-state index in [2.05, 4.69) is 4.72 Å². The highest BCUT2D eigenvalue weighted by molar-refractivity contribution is 7.89. The molecule has 7 nitrogen and oxygen atoms in total. The Morgan fingerprint density at radius 2 is 1.79 bits per heavy atom. The fraction of sp³-hybridized carbons (Fsp3) is 0.600. The lowest BCUT2D eigenvalue weighted by atomic mass is 9.94. The molecule has 1 amide bonds. The lowest BCUT2D eigenvalue weighted by Crippen LogP contribution is -2.40. The topological polar surface area (TPSA) is 92.8 Å². The molecule has 1 aliphatic carbocycles. The van der Waals surface area contributed by atoms with Gasteiger partial charge in [-0.3, -0.25) is 4.79 Å². The van der Waals surface area contributed by atoms with Gasteiger partial charge in [-0.1, -0.05) is 26.2 Å². The minimum atomic E-state index is -3.63. The van der Waals surface area contributed by atoms with Crippen molar-refractivity contribution in [2.75, 3.05) is 13.7 Å². The Morgan fingerprint density at radius 3 is 2.36 bits per heavy atom. The molecular formula is C20H30N2O5S. The Labute approximate surface area is 167 Å². The molecule has 0 aliphatic heterocycles. The number of benzene rings is 1. The zero-order chi connectivity index (χ0) is 20.7. The Morgan fingerprint density at radius 1 is 1.18 bits per heavy atom. The average molecular weight is 411 g/mol. The van der Waals surface area contributed by atoms with E-state index in [-0.39, 0.29) is 35.1 Å². The van der Waals surface area contributed by atoms with Crippen molar-refractivity contribution in [3.05, 3.63) is 29.8 Å². The van der Waals surface area contributed by atoms with Crippen LogP contribution in [0.1, 0.15) is 62.7 Å². The first-order valence-corrected chi connectivity index (χ1v) is 11.3. The SMILES string of the molecule is CCC(C)NS(=O)(=O)c1ccc(C(=O)OCC(=O)N(C)C2CCCCC2)cc1. The molecule has 1 aromatic rings. The zero-order valence-electron chi connectivity index (χ0n) is 16.8. The van der Waals surface area contributed by atoms with Gasteiger partial charge in [-0.25, -0.2) is 17.9 Å². The maximum absolute atomic E-state index is 12.3. The van der Waals surface area contributed by atoms with E-state index in [0.29, 0.717) is 6.42 Å². The second kappa shape index (κ2) is 10.0. The quantitative estimate of drug-likeness (QED) is 0.665. The number of sulfonamides is 1. The van der Waals surface area contributed by atoms with Crippen LogP contribution in [0.2, 0.25) is 0 Å². The molecule has 1 fully saturated rings. The second-order valence-corrected chi connectivity index (χ2v) is 9.04. The van der Waals surface area contributed by atoms with Gasteiger partial charge in [-0.05, 0) is 50.5 Å². The number of amides is 1. The number of nitrogens with zero attached hydrogens (tertiary/aromatic N) is 1. The van der Waals surface area contributed by atoms with Gasteiger partial charge in [0, 0.05) is 19.1 Å². The van der Waals surface area contributed by atoms with Crippen molar-refractivity contribution in [1.82, 2.24) is 9.62 Å². The minimum absolute atomic E-state index is 0.0810. The van der Waals surface area contributed by atoms with Crippen molar-refractivity contribution < 1.29 is 22.7 Å². The largest absolute Gasteiger partial charge is 0.452 e. The second-order valence-electron chi connectivity index (χ2n) is 7.33. The van der Waals surface area contributed by atoms with E-state index >= 15 is 0 Å². The maximum atomic E-state index is 12.3. The van der Waals surface area contributed by atoms with Gasteiger partial charge >= 0.3 is 5.97 Å². The predicted molar refractivity (Wildman–Crippen MR) is 106 cm³/mol. The molecule has 1 N–H and O–H groups in total. The number of ether oxygens (including phenoxy) is 1. The number of nitrogens with one attached hydrogen (secondary N) is 1. The van der Waals surface area contributed by atoms with Crippen molar-refractivity contribution in [3.8, 4) is 0 Å². The number of hydrogen-bond donors (Lipinski definition) is 1. The zero-order valence-corrected chi connectivity index (χ0v) is 17.6. The molecule has 1 aliphatic rings. The monoisotopic (exact) mass is 410 g/mol. The van der Waals surface area contributed by atoms with Crippen molar-refractivity contribution >= 4 is 21.9 Å². The molecule has 28 heavy (non-hydrogen) atoms. The summed E-state index contributed by atoms with van der Waals surface area (Å²) in [5.41, 5.74) is 0.204. The van der Waals surface area contributed by atoms with Crippen LogP contribution in [0.4, 0.5) is 0 Å². The first-order chi connectivity index (χ1) is 13.2. The van der Waals surface area contributed by atoms with Crippen LogP contribution in [-0.4, -0.2) is 50.9 Å². The number of carbonyl (C=O) groups excluding carboxylic acids is 2. The Hall–Kier alpha value is -1.93. The molecule has 0 bridgehead atoms. The predicted octanol–water partition coefficient (Wildman–Crippen LogP) is 2.71. The summed E-state index contributed by atoms with van der Waals surface area (Å²) in [4.78, 5) is 26.2. The normalized spacial score (nSPS) is 16.4. The lowest BCUT2D eigenvalue weighted by molar-refractivity contribution is -0.135. The molecular weight excluding hydrogens is 380 g/mol. The molecule has 0 saturated heterocycles. The Bertz CT molecular complexity index is 770. The summed E-state index contributed by atoms with van der Waals surface area (Å²) in [6.07, 6.45) is 6.07. The van der Waals surface area contributed by atoms with Gasteiger partial charge in [-0.2, -0.15) is 0 Å². The highest BCUT2D eigenvalue weighted by Crippen LogP contribution is 2.21. The minimum Gasteiger partial charge on any atom is -0.452 e. The van der Waals surface area contributed by atoms with E-state index < -0.39 is 16.0 Å². The van der Waals surface area contributed by atoms with Crippen molar-refractivity contribution in [1.29, 1.82) is 0 Å². The number of rotatable bonds is 8. The summed E-state index contributed by atoms with van der Waals surface area (Å²) in [5.74, 6) is -0.874. The van der Waals surface area contributed by atoms with Gasteiger partial charge in [0.15, 0.2) is 6.61 Å². The first kappa shape index (κ1) is 22.4. The standard InChI is InChI=1S/C20H30N2O5S/c1-4-15(2)21-28(25,26)18-12-10-16(11-13-18)20(24)27-14-19(23)22(3)17-8-6-5-7-9-17/h10-13,15,17,21H,4-9,14H2,1-3H3. The Balaban J connectivity index is 1.91. The van der Waals surface area contributed by atoms with Gasteiger partial charge in [0.2, 0.25) is 10.0 Å². The van der Waals surface area contributed by atoms with Gasteiger partial charge < -0.3 is 9.64 Å². The molecule has 1 unspecified atom stereocenters. The van der Waals surface area contributed by atoms with Crippen molar-refractivity contribution in [3.63, 3.8) is 0 Å². The molecule has 156 valence electrons. The number of likely N-dealkylation sites (N-methyl/N-ethyl adjacent to an activating group) is 1. The van der Waals surface area contributed by atoms with Crippen LogP contribution in [0.3, 0.4) is 0 Å². The smallest absolute Gasteiger partial charge is 0.338 e. The van der Waals surface area contributed by atoms with Crippen LogP contribution in [0, 0.1) is 0 Å². The molecule has 1 atom stereocenters.